The third-order valence-corrected chi connectivity index (χ3v) is 2.40. The van der Waals surface area contributed by atoms with E-state index in [1.807, 2.05) is 13.1 Å². The average molecular weight is 177 g/mol. The van der Waals surface area contributed by atoms with Gasteiger partial charge < -0.3 is 10.2 Å². The predicted molar refractivity (Wildman–Crippen MR) is 55.1 cm³/mol. The van der Waals surface area contributed by atoms with E-state index in [2.05, 4.69) is 28.2 Å². The van der Waals surface area contributed by atoms with E-state index in [1.54, 1.807) is 0 Å². The fourth-order valence-electron chi connectivity index (χ4n) is 1.76. The van der Waals surface area contributed by atoms with Crippen molar-refractivity contribution in [2.75, 3.05) is 23.4 Å². The maximum Gasteiger partial charge on any atom is 0.0878 e. The van der Waals surface area contributed by atoms with E-state index in [1.165, 1.54) is 17.8 Å². The number of nitrogens with one attached hydrogen (secondary N) is 1. The topological polar surface area (TPSA) is 28.2 Å². The molecular formula is C10H15N3. The summed E-state index contributed by atoms with van der Waals surface area (Å²) in [6.07, 6.45) is 3.06. The van der Waals surface area contributed by atoms with Crippen LogP contribution in [0.5, 0.6) is 0 Å². The Labute approximate surface area is 78.8 Å². The van der Waals surface area contributed by atoms with Crippen LogP contribution in [0.4, 0.5) is 11.4 Å². The maximum atomic E-state index is 4.26. The number of aromatic nitrogens is 1. The number of hydrogen-bond acceptors (Lipinski definition) is 3. The molecule has 0 bridgehead atoms. The molecule has 0 saturated carbocycles. The zero-order valence-corrected chi connectivity index (χ0v) is 8.17. The van der Waals surface area contributed by atoms with Crippen molar-refractivity contribution in [3.63, 3.8) is 0 Å². The molecule has 13 heavy (non-hydrogen) atoms. The fraction of sp³-hybridized carbons (Fsp3) is 0.500. The third kappa shape index (κ3) is 1.34. The monoisotopic (exact) mass is 177 g/mol. The first kappa shape index (κ1) is 8.35. The molecule has 0 spiro atoms. The Morgan fingerprint density at radius 2 is 2.46 bits per heavy atom. The van der Waals surface area contributed by atoms with Gasteiger partial charge in [-0.3, -0.25) is 4.98 Å². The van der Waals surface area contributed by atoms with Crippen LogP contribution in [0.15, 0.2) is 12.3 Å². The van der Waals surface area contributed by atoms with E-state index in [0.717, 1.165) is 18.9 Å². The van der Waals surface area contributed by atoms with E-state index in [9.17, 15) is 0 Å². The molecule has 0 fully saturated rings. The van der Waals surface area contributed by atoms with Crippen molar-refractivity contribution in [2.24, 2.45) is 0 Å². The molecule has 1 aliphatic heterocycles. The second-order valence-corrected chi connectivity index (χ2v) is 3.39. The lowest BCUT2D eigenvalue weighted by Gasteiger charge is -2.16. The van der Waals surface area contributed by atoms with Crippen molar-refractivity contribution in [3.8, 4) is 0 Å². The van der Waals surface area contributed by atoms with Crippen LogP contribution in [0.25, 0.3) is 0 Å². The SMILES string of the molecule is CCCN1CNc2c1ccnc2C. The lowest BCUT2D eigenvalue weighted by Crippen LogP contribution is -2.23. The molecule has 0 aliphatic carbocycles. The first-order chi connectivity index (χ1) is 6.33. The van der Waals surface area contributed by atoms with Crippen molar-refractivity contribution in [3.05, 3.63) is 18.0 Å². The van der Waals surface area contributed by atoms with Crippen molar-refractivity contribution < 1.29 is 0 Å². The summed E-state index contributed by atoms with van der Waals surface area (Å²) >= 11 is 0. The van der Waals surface area contributed by atoms with Crippen LogP contribution in [-0.4, -0.2) is 18.2 Å². The Balaban J connectivity index is 2.32. The number of aryl methyl sites for hydroxylation is 1. The maximum absolute atomic E-state index is 4.26. The molecule has 1 aliphatic rings. The zero-order chi connectivity index (χ0) is 9.26. The largest absolute Gasteiger partial charge is 0.365 e. The second kappa shape index (κ2) is 3.24. The Bertz CT molecular complexity index is 309. The normalized spacial score (nSPS) is 14.2. The van der Waals surface area contributed by atoms with Crippen LogP contribution in [0, 0.1) is 6.92 Å². The smallest absolute Gasteiger partial charge is 0.0878 e. The van der Waals surface area contributed by atoms with Gasteiger partial charge >= 0.3 is 0 Å². The van der Waals surface area contributed by atoms with Crippen LogP contribution in [0.2, 0.25) is 0 Å². The molecule has 0 unspecified atom stereocenters. The van der Waals surface area contributed by atoms with E-state index in [4.69, 9.17) is 0 Å². The van der Waals surface area contributed by atoms with Gasteiger partial charge in [-0.1, -0.05) is 6.92 Å². The quantitative estimate of drug-likeness (QED) is 0.748. The van der Waals surface area contributed by atoms with Gasteiger partial charge in [-0.25, -0.2) is 0 Å². The number of hydrogen-bond donors (Lipinski definition) is 1. The van der Waals surface area contributed by atoms with E-state index in [-0.39, 0.29) is 0 Å². The fourth-order valence-corrected chi connectivity index (χ4v) is 1.76. The van der Waals surface area contributed by atoms with Crippen molar-refractivity contribution in [1.82, 2.24) is 4.98 Å². The number of pyridine rings is 1. The van der Waals surface area contributed by atoms with Gasteiger partial charge in [0, 0.05) is 12.7 Å². The highest BCUT2D eigenvalue weighted by atomic mass is 15.3. The molecule has 3 nitrogen and oxygen atoms in total. The summed E-state index contributed by atoms with van der Waals surface area (Å²) in [6.45, 7) is 6.28. The molecule has 0 amide bonds. The Morgan fingerprint density at radius 1 is 1.62 bits per heavy atom. The van der Waals surface area contributed by atoms with Crippen molar-refractivity contribution in [2.45, 2.75) is 20.3 Å². The first-order valence-corrected chi connectivity index (χ1v) is 4.77. The zero-order valence-electron chi connectivity index (χ0n) is 8.17. The lowest BCUT2D eigenvalue weighted by molar-refractivity contribution is 0.820. The molecule has 1 aromatic heterocycles. The summed E-state index contributed by atoms with van der Waals surface area (Å²) in [5.41, 5.74) is 3.60. The number of rotatable bonds is 2. The van der Waals surface area contributed by atoms with Gasteiger partial charge in [0.05, 0.1) is 23.7 Å². The number of fused-ring (bicyclic) bond motifs is 1. The highest BCUT2D eigenvalue weighted by molar-refractivity contribution is 5.76. The molecule has 1 aromatic rings. The van der Waals surface area contributed by atoms with E-state index >= 15 is 0 Å². The van der Waals surface area contributed by atoms with Gasteiger partial charge in [-0.15, -0.1) is 0 Å². The summed E-state index contributed by atoms with van der Waals surface area (Å²) < 4.78 is 0. The summed E-state index contributed by atoms with van der Waals surface area (Å²) in [6, 6.07) is 2.08. The summed E-state index contributed by atoms with van der Waals surface area (Å²) in [4.78, 5) is 6.61. The Morgan fingerprint density at radius 3 is 3.23 bits per heavy atom. The molecule has 0 saturated heterocycles. The molecule has 2 rings (SSSR count). The van der Waals surface area contributed by atoms with Gasteiger partial charge in [0.25, 0.3) is 0 Å². The highest BCUT2D eigenvalue weighted by Crippen LogP contribution is 2.32. The molecule has 70 valence electrons. The van der Waals surface area contributed by atoms with Crippen LogP contribution < -0.4 is 10.2 Å². The molecule has 0 radical (unpaired) electrons. The average Bonchev–Trinajstić information content (AvgIpc) is 2.51. The Hall–Kier alpha value is -1.25. The summed E-state index contributed by atoms with van der Waals surface area (Å²) in [7, 11) is 0. The third-order valence-electron chi connectivity index (χ3n) is 2.40. The number of nitrogens with zero attached hydrogens (tertiary/aromatic N) is 2. The minimum absolute atomic E-state index is 0.926. The van der Waals surface area contributed by atoms with Gasteiger partial charge in [-0.05, 0) is 19.4 Å². The van der Waals surface area contributed by atoms with Crippen molar-refractivity contribution >= 4 is 11.4 Å². The molecule has 2 heterocycles. The second-order valence-electron chi connectivity index (χ2n) is 3.39. The van der Waals surface area contributed by atoms with Crippen LogP contribution in [0.3, 0.4) is 0 Å². The number of anilines is 2. The van der Waals surface area contributed by atoms with Gasteiger partial charge in [0.15, 0.2) is 0 Å². The van der Waals surface area contributed by atoms with Gasteiger partial charge in [0.1, 0.15) is 0 Å². The van der Waals surface area contributed by atoms with Crippen LogP contribution in [0.1, 0.15) is 19.0 Å². The minimum atomic E-state index is 0.926. The van der Waals surface area contributed by atoms with Gasteiger partial charge in [0.2, 0.25) is 0 Å². The molecule has 0 atom stereocenters. The Kier molecular flexibility index (Phi) is 2.08. The lowest BCUT2D eigenvalue weighted by atomic mass is 10.2. The first-order valence-electron chi connectivity index (χ1n) is 4.77. The van der Waals surface area contributed by atoms with Crippen LogP contribution in [-0.2, 0) is 0 Å². The molecule has 0 aromatic carbocycles. The van der Waals surface area contributed by atoms with E-state index < -0.39 is 0 Å². The van der Waals surface area contributed by atoms with Gasteiger partial charge in [-0.2, -0.15) is 0 Å². The standard InChI is InChI=1S/C10H15N3/c1-3-6-13-7-12-10-8(2)11-5-4-9(10)13/h4-5,12H,3,6-7H2,1-2H3. The van der Waals surface area contributed by atoms with Crippen LogP contribution >= 0.6 is 0 Å². The predicted octanol–water partition coefficient (Wildman–Crippen LogP) is 1.99. The highest BCUT2D eigenvalue weighted by Gasteiger charge is 2.18. The minimum Gasteiger partial charge on any atom is -0.365 e. The molecule has 1 N–H and O–H groups in total. The molecule has 3 heteroatoms. The summed E-state index contributed by atoms with van der Waals surface area (Å²) in [5, 5.41) is 3.37. The van der Waals surface area contributed by atoms with Crippen molar-refractivity contribution in [1.29, 1.82) is 0 Å². The summed E-state index contributed by atoms with van der Waals surface area (Å²) in [5.74, 6) is 0. The van der Waals surface area contributed by atoms with E-state index in [0.29, 0.717) is 0 Å². The molecular weight excluding hydrogens is 162 g/mol.